The van der Waals surface area contributed by atoms with Crippen molar-refractivity contribution in [2.24, 2.45) is 0 Å². The standard InChI is InChI=1S/C17H21N7O2/c1-26-17(25)13-9-22-15(24-16-10-20-12(7-18)8-21-16)6-14(13)23-11-2-4-19-5-3-11/h6,8,10-11,19,22-23H,2-5,9H2,1H3,(H,21,24). The van der Waals surface area contributed by atoms with Crippen LogP contribution < -0.4 is 21.3 Å². The van der Waals surface area contributed by atoms with E-state index >= 15 is 0 Å². The summed E-state index contributed by atoms with van der Waals surface area (Å²) < 4.78 is 4.90. The first-order chi connectivity index (χ1) is 12.7. The number of rotatable bonds is 5. The van der Waals surface area contributed by atoms with Gasteiger partial charge < -0.3 is 26.0 Å². The molecule has 2 aliphatic heterocycles. The SMILES string of the molecule is COC(=O)C1=C(NC2CCNCC2)C=C(Nc2cnc(C#N)cn2)NC1. The lowest BCUT2D eigenvalue weighted by molar-refractivity contribution is -0.136. The van der Waals surface area contributed by atoms with E-state index in [1.807, 2.05) is 12.1 Å². The average molecular weight is 355 g/mol. The van der Waals surface area contributed by atoms with Crippen LogP contribution in [0.2, 0.25) is 0 Å². The topological polar surface area (TPSA) is 124 Å². The van der Waals surface area contributed by atoms with E-state index in [9.17, 15) is 4.79 Å². The number of ether oxygens (including phenoxy) is 1. The number of nitriles is 1. The van der Waals surface area contributed by atoms with Gasteiger partial charge in [0.1, 0.15) is 17.7 Å². The molecule has 1 aromatic heterocycles. The molecular weight excluding hydrogens is 334 g/mol. The number of esters is 1. The molecule has 2 aliphatic rings. The summed E-state index contributed by atoms with van der Waals surface area (Å²) in [4.78, 5) is 20.2. The van der Waals surface area contributed by atoms with Gasteiger partial charge in [0.25, 0.3) is 0 Å². The highest BCUT2D eigenvalue weighted by Gasteiger charge is 2.23. The molecular formula is C17H21N7O2. The molecule has 1 fully saturated rings. The van der Waals surface area contributed by atoms with Gasteiger partial charge in [0.2, 0.25) is 0 Å². The van der Waals surface area contributed by atoms with Crippen molar-refractivity contribution in [1.82, 2.24) is 25.9 Å². The Kier molecular flexibility index (Phi) is 5.66. The summed E-state index contributed by atoms with van der Waals surface area (Å²) in [6.07, 6.45) is 6.69. The van der Waals surface area contributed by atoms with Gasteiger partial charge in [-0.25, -0.2) is 14.8 Å². The second-order valence-electron chi connectivity index (χ2n) is 5.99. The summed E-state index contributed by atoms with van der Waals surface area (Å²) in [5.41, 5.74) is 1.55. The van der Waals surface area contributed by atoms with E-state index < -0.39 is 0 Å². The monoisotopic (exact) mass is 355 g/mol. The van der Waals surface area contributed by atoms with Crippen LogP contribution in [-0.4, -0.2) is 48.7 Å². The first-order valence-electron chi connectivity index (χ1n) is 8.43. The molecule has 0 amide bonds. The molecule has 136 valence electrons. The summed E-state index contributed by atoms with van der Waals surface area (Å²) in [6.45, 7) is 2.24. The van der Waals surface area contributed by atoms with Gasteiger partial charge in [-0.05, 0) is 25.9 Å². The molecule has 9 heteroatoms. The number of methoxy groups -OCH3 is 1. The Balaban J connectivity index is 1.78. The minimum Gasteiger partial charge on any atom is -0.466 e. The van der Waals surface area contributed by atoms with Crippen molar-refractivity contribution in [3.05, 3.63) is 41.3 Å². The lowest BCUT2D eigenvalue weighted by Gasteiger charge is -2.28. The first-order valence-corrected chi connectivity index (χ1v) is 8.43. The molecule has 3 rings (SSSR count). The Morgan fingerprint density at radius 2 is 2.15 bits per heavy atom. The largest absolute Gasteiger partial charge is 0.466 e. The van der Waals surface area contributed by atoms with Gasteiger partial charge in [0, 0.05) is 12.1 Å². The zero-order valence-corrected chi connectivity index (χ0v) is 14.5. The average Bonchev–Trinajstić information content (AvgIpc) is 2.69. The van der Waals surface area contributed by atoms with Crippen LogP contribution in [0, 0.1) is 11.3 Å². The Hall–Kier alpha value is -3.12. The molecule has 0 bridgehead atoms. The lowest BCUT2D eigenvalue weighted by atomic mass is 10.0. The molecule has 0 aromatic carbocycles. The molecule has 0 unspecified atom stereocenters. The third-order valence-electron chi connectivity index (χ3n) is 4.23. The van der Waals surface area contributed by atoms with E-state index in [1.165, 1.54) is 19.5 Å². The number of hydrogen-bond acceptors (Lipinski definition) is 9. The molecule has 0 spiro atoms. The number of hydrogen-bond donors (Lipinski definition) is 4. The summed E-state index contributed by atoms with van der Waals surface area (Å²) in [6, 6.07) is 2.23. The van der Waals surface area contributed by atoms with Gasteiger partial charge in [0.15, 0.2) is 5.69 Å². The Morgan fingerprint density at radius 1 is 1.35 bits per heavy atom. The molecule has 0 atom stereocenters. The maximum atomic E-state index is 12.1. The highest BCUT2D eigenvalue weighted by molar-refractivity contribution is 5.90. The number of aromatic nitrogens is 2. The number of carbonyl (C=O) groups is 1. The van der Waals surface area contributed by atoms with E-state index in [-0.39, 0.29) is 11.7 Å². The Bertz CT molecular complexity index is 758. The van der Waals surface area contributed by atoms with Crippen LogP contribution in [-0.2, 0) is 9.53 Å². The maximum Gasteiger partial charge on any atom is 0.337 e. The van der Waals surface area contributed by atoms with Crippen LogP contribution in [0.4, 0.5) is 5.82 Å². The van der Waals surface area contributed by atoms with Gasteiger partial charge in [-0.1, -0.05) is 0 Å². The van der Waals surface area contributed by atoms with Crippen molar-refractivity contribution in [2.75, 3.05) is 32.1 Å². The molecule has 3 heterocycles. The van der Waals surface area contributed by atoms with Crippen molar-refractivity contribution in [1.29, 1.82) is 5.26 Å². The molecule has 0 aliphatic carbocycles. The van der Waals surface area contributed by atoms with E-state index in [2.05, 4.69) is 31.2 Å². The fraction of sp³-hybridized carbons (Fsp3) is 0.412. The van der Waals surface area contributed by atoms with Gasteiger partial charge >= 0.3 is 5.97 Å². The molecule has 1 saturated heterocycles. The predicted molar refractivity (Wildman–Crippen MR) is 94.5 cm³/mol. The fourth-order valence-corrected chi connectivity index (χ4v) is 2.85. The number of carbonyl (C=O) groups excluding carboxylic acids is 1. The van der Waals surface area contributed by atoms with Gasteiger partial charge in [-0.2, -0.15) is 5.26 Å². The highest BCUT2D eigenvalue weighted by atomic mass is 16.5. The van der Waals surface area contributed by atoms with Gasteiger partial charge in [-0.3, -0.25) is 0 Å². The smallest absolute Gasteiger partial charge is 0.337 e. The number of nitrogens with one attached hydrogen (secondary N) is 4. The molecule has 4 N–H and O–H groups in total. The summed E-state index contributed by atoms with van der Waals surface area (Å²) in [5.74, 6) is 0.834. The van der Waals surface area contributed by atoms with E-state index in [0.717, 1.165) is 31.6 Å². The summed E-state index contributed by atoms with van der Waals surface area (Å²) >= 11 is 0. The maximum absolute atomic E-state index is 12.1. The van der Waals surface area contributed by atoms with Crippen LogP contribution in [0.1, 0.15) is 18.5 Å². The van der Waals surface area contributed by atoms with Gasteiger partial charge in [0.05, 0.1) is 37.3 Å². The van der Waals surface area contributed by atoms with Crippen LogP contribution >= 0.6 is 0 Å². The fourth-order valence-electron chi connectivity index (χ4n) is 2.85. The number of piperidine rings is 1. The van der Waals surface area contributed by atoms with Crippen LogP contribution in [0.3, 0.4) is 0 Å². The first kappa shape index (κ1) is 17.7. The van der Waals surface area contributed by atoms with Crippen molar-refractivity contribution in [2.45, 2.75) is 18.9 Å². The normalized spacial score (nSPS) is 17.6. The van der Waals surface area contributed by atoms with Crippen LogP contribution in [0.25, 0.3) is 0 Å². The third kappa shape index (κ3) is 4.29. The number of allylic oxidation sites excluding steroid dienone is 1. The molecule has 26 heavy (non-hydrogen) atoms. The quantitative estimate of drug-likeness (QED) is 0.539. The minimum absolute atomic E-state index is 0.252. The van der Waals surface area contributed by atoms with Gasteiger partial charge in [-0.15, -0.1) is 0 Å². The number of anilines is 1. The number of nitrogens with zero attached hydrogens (tertiary/aromatic N) is 3. The van der Waals surface area contributed by atoms with Crippen LogP contribution in [0.15, 0.2) is 35.6 Å². The summed E-state index contributed by atoms with van der Waals surface area (Å²) in [5, 5.41) is 21.8. The van der Waals surface area contributed by atoms with Crippen molar-refractivity contribution < 1.29 is 9.53 Å². The van der Waals surface area contributed by atoms with Crippen molar-refractivity contribution in [3.63, 3.8) is 0 Å². The lowest BCUT2D eigenvalue weighted by Crippen LogP contribution is -2.42. The molecule has 9 nitrogen and oxygen atoms in total. The Morgan fingerprint density at radius 3 is 2.81 bits per heavy atom. The molecule has 0 saturated carbocycles. The minimum atomic E-state index is -0.359. The highest BCUT2D eigenvalue weighted by Crippen LogP contribution is 2.16. The van der Waals surface area contributed by atoms with Crippen LogP contribution in [0.5, 0.6) is 0 Å². The van der Waals surface area contributed by atoms with Crippen molar-refractivity contribution in [3.8, 4) is 6.07 Å². The zero-order valence-electron chi connectivity index (χ0n) is 14.5. The second-order valence-corrected chi connectivity index (χ2v) is 5.99. The predicted octanol–water partition coefficient (Wildman–Crippen LogP) is -0.0265. The Labute approximate surface area is 151 Å². The summed E-state index contributed by atoms with van der Waals surface area (Å²) in [7, 11) is 1.38. The number of dihydropyridines is 1. The van der Waals surface area contributed by atoms with Crippen molar-refractivity contribution >= 4 is 11.8 Å². The zero-order chi connectivity index (χ0) is 18.4. The van der Waals surface area contributed by atoms with E-state index in [1.54, 1.807) is 0 Å². The third-order valence-corrected chi connectivity index (χ3v) is 4.23. The molecule has 1 aromatic rings. The van der Waals surface area contributed by atoms with E-state index in [4.69, 9.17) is 10.00 Å². The second kappa shape index (κ2) is 8.31. The van der Waals surface area contributed by atoms with E-state index in [0.29, 0.717) is 29.8 Å². The molecule has 0 radical (unpaired) electrons.